The molecule has 4 unspecified atom stereocenters. The normalized spacial score (nSPS) is 45.1. The molecule has 2 aliphatic heterocycles. The summed E-state index contributed by atoms with van der Waals surface area (Å²) in [6.45, 7) is 0.611. The van der Waals surface area contributed by atoms with E-state index in [0.29, 0.717) is 19.4 Å². The maximum atomic E-state index is 10.4. The van der Waals surface area contributed by atoms with E-state index in [9.17, 15) is 15.0 Å². The first-order chi connectivity index (χ1) is 6.22. The number of hydrogen-bond donors (Lipinski definition) is 2. The second kappa shape index (κ2) is 3.36. The molecule has 13 heavy (non-hydrogen) atoms. The predicted molar refractivity (Wildman–Crippen MR) is 46.2 cm³/mol. The van der Waals surface area contributed by atoms with Crippen LogP contribution in [0.3, 0.4) is 0 Å². The summed E-state index contributed by atoms with van der Waals surface area (Å²) in [5.74, 6) is 0. The zero-order valence-corrected chi connectivity index (χ0v) is 7.47. The minimum atomic E-state index is -0.386. The molecule has 2 rings (SSSR count). The Hall–Kier alpha value is -0.450. The van der Waals surface area contributed by atoms with E-state index in [2.05, 4.69) is 4.90 Å². The van der Waals surface area contributed by atoms with Crippen LogP contribution in [0.25, 0.3) is 0 Å². The van der Waals surface area contributed by atoms with Gasteiger partial charge in [-0.15, -0.1) is 0 Å². The average molecular weight is 185 g/mol. The van der Waals surface area contributed by atoms with Crippen molar-refractivity contribution in [2.45, 2.75) is 43.6 Å². The van der Waals surface area contributed by atoms with Gasteiger partial charge in [-0.2, -0.15) is 0 Å². The summed E-state index contributed by atoms with van der Waals surface area (Å²) in [6, 6.07) is 0.231. The molecule has 0 aromatic carbocycles. The fourth-order valence-electron chi connectivity index (χ4n) is 2.60. The summed E-state index contributed by atoms with van der Waals surface area (Å²) in [6.07, 6.45) is 2.02. The van der Waals surface area contributed by atoms with Gasteiger partial charge in [-0.3, -0.25) is 4.90 Å². The fraction of sp³-hybridized carbons (Fsp3) is 0.889. The lowest BCUT2D eigenvalue weighted by Crippen LogP contribution is -2.37. The molecule has 2 saturated heterocycles. The van der Waals surface area contributed by atoms with Gasteiger partial charge in [0.1, 0.15) is 6.29 Å². The van der Waals surface area contributed by atoms with Crippen molar-refractivity contribution in [2.24, 2.45) is 0 Å². The third-order valence-electron chi connectivity index (χ3n) is 3.16. The van der Waals surface area contributed by atoms with E-state index < -0.39 is 0 Å². The Balaban J connectivity index is 2.05. The van der Waals surface area contributed by atoms with Crippen LogP contribution in [0.2, 0.25) is 0 Å². The number of aliphatic hydroxyl groups is 2. The van der Waals surface area contributed by atoms with Crippen LogP contribution in [0.1, 0.15) is 19.3 Å². The third kappa shape index (κ3) is 1.49. The SMILES string of the molecule is O=CCC1C(O)CC2CC(O)CN21. The van der Waals surface area contributed by atoms with Crippen LogP contribution in [-0.4, -0.2) is 52.2 Å². The lowest BCUT2D eigenvalue weighted by molar-refractivity contribution is -0.109. The highest BCUT2D eigenvalue weighted by Crippen LogP contribution is 2.33. The van der Waals surface area contributed by atoms with Gasteiger partial charge in [-0.05, 0) is 12.8 Å². The van der Waals surface area contributed by atoms with Gasteiger partial charge in [-0.1, -0.05) is 0 Å². The van der Waals surface area contributed by atoms with Gasteiger partial charge in [0.15, 0.2) is 0 Å². The summed E-state index contributed by atoms with van der Waals surface area (Å²) < 4.78 is 0. The van der Waals surface area contributed by atoms with E-state index in [1.807, 2.05) is 0 Å². The molecule has 0 aromatic heterocycles. The van der Waals surface area contributed by atoms with E-state index in [1.165, 1.54) is 0 Å². The Morgan fingerprint density at radius 2 is 2.15 bits per heavy atom. The zero-order chi connectivity index (χ0) is 9.42. The maximum Gasteiger partial charge on any atom is 0.121 e. The molecule has 0 bridgehead atoms. The van der Waals surface area contributed by atoms with Gasteiger partial charge in [0.05, 0.1) is 12.2 Å². The number of carbonyl (C=O) groups is 1. The Kier molecular flexibility index (Phi) is 2.36. The van der Waals surface area contributed by atoms with Crippen LogP contribution in [-0.2, 0) is 4.79 Å². The molecule has 0 radical (unpaired) electrons. The molecule has 2 N–H and O–H groups in total. The van der Waals surface area contributed by atoms with Crippen molar-refractivity contribution in [1.29, 1.82) is 0 Å². The highest BCUT2D eigenvalue weighted by molar-refractivity contribution is 5.51. The molecule has 4 nitrogen and oxygen atoms in total. The first-order valence-electron chi connectivity index (χ1n) is 4.78. The molecule has 2 fully saturated rings. The van der Waals surface area contributed by atoms with Crippen molar-refractivity contribution in [3.63, 3.8) is 0 Å². The largest absolute Gasteiger partial charge is 0.392 e. The van der Waals surface area contributed by atoms with Crippen molar-refractivity contribution in [3.8, 4) is 0 Å². The summed E-state index contributed by atoms with van der Waals surface area (Å²) in [5, 5.41) is 19.0. The maximum absolute atomic E-state index is 10.4. The molecule has 4 heteroatoms. The number of rotatable bonds is 2. The topological polar surface area (TPSA) is 60.8 Å². The standard InChI is InChI=1S/C9H15NO3/c11-2-1-8-9(13)4-6-3-7(12)5-10(6)8/h2,6-9,12-13H,1,3-5H2. The summed E-state index contributed by atoms with van der Waals surface area (Å²) in [5.41, 5.74) is 0. The lowest BCUT2D eigenvalue weighted by atomic mass is 10.1. The highest BCUT2D eigenvalue weighted by Gasteiger charge is 2.45. The molecule has 74 valence electrons. The number of nitrogens with zero attached hydrogens (tertiary/aromatic N) is 1. The van der Waals surface area contributed by atoms with E-state index in [-0.39, 0.29) is 24.3 Å². The number of aldehydes is 1. The van der Waals surface area contributed by atoms with Gasteiger partial charge >= 0.3 is 0 Å². The molecule has 4 atom stereocenters. The average Bonchev–Trinajstić information content (AvgIpc) is 2.52. The van der Waals surface area contributed by atoms with E-state index in [4.69, 9.17) is 0 Å². The molecular weight excluding hydrogens is 170 g/mol. The van der Waals surface area contributed by atoms with Crippen LogP contribution < -0.4 is 0 Å². The molecule has 0 amide bonds. The molecule has 2 aliphatic rings. The Bertz CT molecular complexity index is 209. The van der Waals surface area contributed by atoms with Gasteiger partial charge in [0, 0.05) is 25.0 Å². The number of carbonyl (C=O) groups excluding carboxylic acids is 1. The van der Waals surface area contributed by atoms with E-state index in [0.717, 1.165) is 12.7 Å². The number of hydrogen-bond acceptors (Lipinski definition) is 4. The minimum absolute atomic E-state index is 0.0559. The second-order valence-corrected chi connectivity index (χ2v) is 4.01. The fourth-order valence-corrected chi connectivity index (χ4v) is 2.60. The molecule has 0 spiro atoms. The summed E-state index contributed by atoms with van der Waals surface area (Å²) >= 11 is 0. The number of aliphatic hydroxyl groups excluding tert-OH is 2. The monoisotopic (exact) mass is 185 g/mol. The van der Waals surface area contributed by atoms with Crippen molar-refractivity contribution < 1.29 is 15.0 Å². The van der Waals surface area contributed by atoms with Crippen LogP contribution in [0, 0.1) is 0 Å². The first-order valence-corrected chi connectivity index (χ1v) is 4.78. The molecule has 0 aromatic rings. The van der Waals surface area contributed by atoms with Gasteiger partial charge in [0.25, 0.3) is 0 Å². The lowest BCUT2D eigenvalue weighted by Gasteiger charge is -2.23. The smallest absolute Gasteiger partial charge is 0.121 e. The molecule has 2 heterocycles. The van der Waals surface area contributed by atoms with Crippen molar-refractivity contribution in [2.75, 3.05) is 6.54 Å². The zero-order valence-electron chi connectivity index (χ0n) is 7.47. The Morgan fingerprint density at radius 1 is 1.38 bits per heavy atom. The van der Waals surface area contributed by atoms with Crippen molar-refractivity contribution in [1.82, 2.24) is 4.90 Å². The summed E-state index contributed by atoms with van der Waals surface area (Å²) in [4.78, 5) is 12.4. The highest BCUT2D eigenvalue weighted by atomic mass is 16.3. The number of fused-ring (bicyclic) bond motifs is 1. The van der Waals surface area contributed by atoms with Gasteiger partial charge < -0.3 is 15.0 Å². The van der Waals surface area contributed by atoms with Crippen molar-refractivity contribution >= 4 is 6.29 Å². The van der Waals surface area contributed by atoms with E-state index in [1.54, 1.807) is 0 Å². The first kappa shape index (κ1) is 9.12. The van der Waals surface area contributed by atoms with Crippen LogP contribution >= 0.6 is 0 Å². The Labute approximate surface area is 77.2 Å². The van der Waals surface area contributed by atoms with Crippen LogP contribution in [0.5, 0.6) is 0 Å². The molecule has 0 saturated carbocycles. The Morgan fingerprint density at radius 3 is 2.85 bits per heavy atom. The van der Waals surface area contributed by atoms with Crippen molar-refractivity contribution in [3.05, 3.63) is 0 Å². The molecule has 0 aliphatic carbocycles. The summed E-state index contributed by atoms with van der Waals surface area (Å²) in [7, 11) is 0. The van der Waals surface area contributed by atoms with E-state index >= 15 is 0 Å². The minimum Gasteiger partial charge on any atom is -0.392 e. The van der Waals surface area contributed by atoms with Gasteiger partial charge in [0.2, 0.25) is 0 Å². The predicted octanol–water partition coefficient (Wildman–Crippen LogP) is -0.856. The molecular formula is C9H15NO3. The van der Waals surface area contributed by atoms with Gasteiger partial charge in [-0.25, -0.2) is 0 Å². The van der Waals surface area contributed by atoms with Crippen LogP contribution in [0.4, 0.5) is 0 Å². The third-order valence-corrected chi connectivity index (χ3v) is 3.16. The second-order valence-electron chi connectivity index (χ2n) is 4.01. The van der Waals surface area contributed by atoms with Crippen LogP contribution in [0.15, 0.2) is 0 Å². The quantitative estimate of drug-likeness (QED) is 0.550.